The zero-order valence-corrected chi connectivity index (χ0v) is 9.21. The number of rotatable bonds is 4. The average molecular weight is 252 g/mol. The number of aromatic carboxylic acids is 1. The number of hydrogen-bond donors (Lipinski definition) is 1. The standard InChI is InChI=1S/C9H11F3N2O3/c1-3-4-17-7-5(8(15)16)6(9(10,11)12)13-14(7)2/h3-4H2,1-2H3,(H,15,16). The van der Waals surface area contributed by atoms with Crippen LogP contribution in [-0.2, 0) is 13.2 Å². The minimum absolute atomic E-state index is 0.122. The average Bonchev–Trinajstić information content (AvgIpc) is 2.52. The van der Waals surface area contributed by atoms with Gasteiger partial charge in [-0.25, -0.2) is 9.48 Å². The van der Waals surface area contributed by atoms with Crippen LogP contribution in [0.1, 0.15) is 29.4 Å². The summed E-state index contributed by atoms with van der Waals surface area (Å²) in [5.74, 6) is -2.09. The molecule has 5 nitrogen and oxygen atoms in total. The van der Waals surface area contributed by atoms with E-state index in [0.717, 1.165) is 4.68 Å². The van der Waals surface area contributed by atoms with Gasteiger partial charge in [0, 0.05) is 7.05 Å². The lowest BCUT2D eigenvalue weighted by Crippen LogP contribution is -2.12. The third-order valence-corrected chi connectivity index (χ3v) is 1.92. The predicted octanol–water partition coefficient (Wildman–Crippen LogP) is 1.93. The van der Waals surface area contributed by atoms with Gasteiger partial charge in [-0.15, -0.1) is 0 Å². The maximum absolute atomic E-state index is 12.5. The number of nitrogens with zero attached hydrogens (tertiary/aromatic N) is 2. The number of ether oxygens (including phenoxy) is 1. The first-order chi connectivity index (χ1) is 7.79. The van der Waals surface area contributed by atoms with Gasteiger partial charge in [0.15, 0.2) is 11.3 Å². The summed E-state index contributed by atoms with van der Waals surface area (Å²) < 4.78 is 43.3. The fourth-order valence-electron chi connectivity index (χ4n) is 1.26. The third-order valence-electron chi connectivity index (χ3n) is 1.92. The lowest BCUT2D eigenvalue weighted by Gasteiger charge is -2.06. The van der Waals surface area contributed by atoms with Crippen molar-refractivity contribution in [3.63, 3.8) is 0 Å². The van der Waals surface area contributed by atoms with Crippen molar-refractivity contribution in [2.24, 2.45) is 7.05 Å². The molecule has 0 aromatic carbocycles. The lowest BCUT2D eigenvalue weighted by molar-refractivity contribution is -0.141. The lowest BCUT2D eigenvalue weighted by atomic mass is 10.2. The van der Waals surface area contributed by atoms with E-state index in [9.17, 15) is 18.0 Å². The van der Waals surface area contributed by atoms with Crippen LogP contribution in [0.15, 0.2) is 0 Å². The second kappa shape index (κ2) is 4.64. The number of aryl methyl sites for hydroxylation is 1. The van der Waals surface area contributed by atoms with Gasteiger partial charge >= 0.3 is 12.1 Å². The molecule has 0 saturated heterocycles. The molecule has 0 bridgehead atoms. The van der Waals surface area contributed by atoms with E-state index in [-0.39, 0.29) is 12.5 Å². The Kier molecular flexibility index (Phi) is 3.64. The van der Waals surface area contributed by atoms with Gasteiger partial charge in [0.1, 0.15) is 0 Å². The molecule has 1 aromatic heterocycles. The van der Waals surface area contributed by atoms with E-state index >= 15 is 0 Å². The summed E-state index contributed by atoms with van der Waals surface area (Å²) >= 11 is 0. The highest BCUT2D eigenvalue weighted by atomic mass is 19.4. The van der Waals surface area contributed by atoms with Crippen LogP contribution in [0.4, 0.5) is 13.2 Å². The topological polar surface area (TPSA) is 64.3 Å². The first-order valence-corrected chi connectivity index (χ1v) is 4.79. The number of carboxylic acids is 1. The first kappa shape index (κ1) is 13.3. The molecule has 0 fully saturated rings. The molecule has 0 amide bonds. The van der Waals surface area contributed by atoms with Crippen LogP contribution in [-0.4, -0.2) is 27.5 Å². The van der Waals surface area contributed by atoms with Crippen molar-refractivity contribution in [3.8, 4) is 5.88 Å². The monoisotopic (exact) mass is 252 g/mol. The van der Waals surface area contributed by atoms with Gasteiger partial charge in [-0.3, -0.25) is 0 Å². The fourth-order valence-corrected chi connectivity index (χ4v) is 1.26. The summed E-state index contributed by atoms with van der Waals surface area (Å²) in [5, 5.41) is 11.9. The number of hydrogen-bond acceptors (Lipinski definition) is 3. The molecule has 8 heteroatoms. The molecule has 0 aliphatic heterocycles. The van der Waals surface area contributed by atoms with Crippen molar-refractivity contribution < 1.29 is 27.8 Å². The van der Waals surface area contributed by atoms with Gasteiger partial charge in [-0.2, -0.15) is 18.3 Å². The maximum atomic E-state index is 12.5. The highest BCUT2D eigenvalue weighted by Gasteiger charge is 2.42. The molecule has 1 heterocycles. The fraction of sp³-hybridized carbons (Fsp3) is 0.556. The van der Waals surface area contributed by atoms with Crippen LogP contribution in [0.25, 0.3) is 0 Å². The first-order valence-electron chi connectivity index (χ1n) is 4.79. The molecular weight excluding hydrogens is 241 g/mol. The normalized spacial score (nSPS) is 11.6. The van der Waals surface area contributed by atoms with E-state index in [0.29, 0.717) is 6.42 Å². The van der Waals surface area contributed by atoms with Crippen molar-refractivity contribution in [2.45, 2.75) is 19.5 Å². The molecular formula is C9H11F3N2O3. The maximum Gasteiger partial charge on any atom is 0.436 e. The Bertz CT molecular complexity index is 426. The smallest absolute Gasteiger partial charge is 0.436 e. The van der Waals surface area contributed by atoms with Crippen molar-refractivity contribution in [1.82, 2.24) is 9.78 Å². The molecule has 0 aliphatic rings. The zero-order valence-electron chi connectivity index (χ0n) is 9.21. The molecule has 0 aliphatic carbocycles. The quantitative estimate of drug-likeness (QED) is 0.889. The van der Waals surface area contributed by atoms with Gasteiger partial charge in [0.05, 0.1) is 6.61 Å². The van der Waals surface area contributed by atoms with Gasteiger partial charge < -0.3 is 9.84 Å². The Labute approximate surface area is 94.8 Å². The summed E-state index contributed by atoms with van der Waals surface area (Å²) in [6, 6.07) is 0. The van der Waals surface area contributed by atoms with E-state index in [2.05, 4.69) is 5.10 Å². The number of halogens is 3. The van der Waals surface area contributed by atoms with Crippen molar-refractivity contribution >= 4 is 5.97 Å². The van der Waals surface area contributed by atoms with Crippen molar-refractivity contribution in [1.29, 1.82) is 0 Å². The van der Waals surface area contributed by atoms with Crippen molar-refractivity contribution in [2.75, 3.05) is 6.61 Å². The summed E-state index contributed by atoms with van der Waals surface area (Å²) in [6.45, 7) is 1.87. The predicted molar refractivity (Wildman–Crippen MR) is 51.0 cm³/mol. The van der Waals surface area contributed by atoms with E-state index in [4.69, 9.17) is 9.84 Å². The number of alkyl halides is 3. The van der Waals surface area contributed by atoms with E-state index in [1.807, 2.05) is 0 Å². The zero-order chi connectivity index (χ0) is 13.2. The molecule has 1 aromatic rings. The Morgan fingerprint density at radius 1 is 1.53 bits per heavy atom. The Balaban J connectivity index is 3.30. The molecule has 0 spiro atoms. The highest BCUT2D eigenvalue weighted by Crippen LogP contribution is 2.35. The second-order valence-corrected chi connectivity index (χ2v) is 3.30. The van der Waals surface area contributed by atoms with E-state index in [1.54, 1.807) is 6.92 Å². The molecule has 0 radical (unpaired) electrons. The van der Waals surface area contributed by atoms with E-state index < -0.39 is 23.4 Å². The Morgan fingerprint density at radius 3 is 2.53 bits per heavy atom. The van der Waals surface area contributed by atoms with Gasteiger partial charge in [-0.05, 0) is 6.42 Å². The van der Waals surface area contributed by atoms with Crippen LogP contribution in [0.5, 0.6) is 5.88 Å². The van der Waals surface area contributed by atoms with Crippen LogP contribution in [0.2, 0.25) is 0 Å². The van der Waals surface area contributed by atoms with Gasteiger partial charge in [0.2, 0.25) is 5.88 Å². The largest absolute Gasteiger partial charge is 0.477 e. The summed E-state index contributed by atoms with van der Waals surface area (Å²) in [5.41, 5.74) is -2.40. The molecule has 0 saturated carbocycles. The SMILES string of the molecule is CCCOc1c(C(=O)O)c(C(F)(F)F)nn1C. The number of aromatic nitrogens is 2. The molecule has 0 unspecified atom stereocenters. The number of carboxylic acid groups (broad SMARTS) is 1. The van der Waals surface area contributed by atoms with Crippen molar-refractivity contribution in [3.05, 3.63) is 11.3 Å². The summed E-state index contributed by atoms with van der Waals surface area (Å²) in [4.78, 5) is 10.8. The minimum atomic E-state index is -4.82. The van der Waals surface area contributed by atoms with Crippen LogP contribution in [0, 0.1) is 0 Å². The Hall–Kier alpha value is -1.73. The molecule has 1 N–H and O–H groups in total. The summed E-state index contributed by atoms with van der Waals surface area (Å²) in [6.07, 6.45) is -4.27. The summed E-state index contributed by atoms with van der Waals surface area (Å²) in [7, 11) is 1.20. The molecule has 1 rings (SSSR count). The molecule has 96 valence electrons. The minimum Gasteiger partial charge on any atom is -0.477 e. The van der Waals surface area contributed by atoms with Crippen LogP contribution < -0.4 is 4.74 Å². The Morgan fingerprint density at radius 2 is 2.12 bits per heavy atom. The van der Waals surface area contributed by atoms with Gasteiger partial charge in [-0.1, -0.05) is 6.92 Å². The van der Waals surface area contributed by atoms with Crippen LogP contribution >= 0.6 is 0 Å². The highest BCUT2D eigenvalue weighted by molar-refractivity contribution is 5.91. The molecule has 0 atom stereocenters. The molecule has 17 heavy (non-hydrogen) atoms. The van der Waals surface area contributed by atoms with E-state index in [1.165, 1.54) is 7.05 Å². The third kappa shape index (κ3) is 2.69. The second-order valence-electron chi connectivity index (χ2n) is 3.30. The number of carbonyl (C=O) groups is 1. The van der Waals surface area contributed by atoms with Crippen LogP contribution in [0.3, 0.4) is 0 Å². The van der Waals surface area contributed by atoms with Gasteiger partial charge in [0.25, 0.3) is 0 Å².